The largest absolute Gasteiger partial charge is 0.369 e. The van der Waals surface area contributed by atoms with Gasteiger partial charge in [0.25, 0.3) is 0 Å². The van der Waals surface area contributed by atoms with Crippen LogP contribution in [0.2, 0.25) is 0 Å². The standard InChI is InChI=1S/C13H23N3O2/c14-11(17)9-4-3-5-10(8-9)16-12(18)13(15)6-1-2-7-13/h9-10H,1-8,15H2,(H2,14,17)(H,16,18). The van der Waals surface area contributed by atoms with Crippen molar-refractivity contribution in [2.24, 2.45) is 17.4 Å². The third-order valence-corrected chi connectivity index (χ3v) is 4.36. The zero-order valence-corrected chi connectivity index (χ0v) is 10.8. The molecule has 2 fully saturated rings. The van der Waals surface area contributed by atoms with Crippen LogP contribution in [-0.2, 0) is 9.59 Å². The molecule has 2 aliphatic rings. The van der Waals surface area contributed by atoms with Crippen LogP contribution in [0.15, 0.2) is 0 Å². The number of primary amides is 1. The molecule has 102 valence electrons. The minimum absolute atomic E-state index is 0.0462. The fourth-order valence-electron chi connectivity index (χ4n) is 3.14. The SMILES string of the molecule is NC(=O)C1CCCC(NC(=O)C2(N)CCCC2)C1. The fraction of sp³-hybridized carbons (Fsp3) is 0.846. The molecule has 0 bridgehead atoms. The Morgan fingerprint density at radius 1 is 1.11 bits per heavy atom. The van der Waals surface area contributed by atoms with Crippen molar-refractivity contribution >= 4 is 11.8 Å². The molecule has 5 heteroatoms. The highest BCUT2D eigenvalue weighted by Crippen LogP contribution is 2.29. The van der Waals surface area contributed by atoms with Gasteiger partial charge in [-0.3, -0.25) is 9.59 Å². The lowest BCUT2D eigenvalue weighted by atomic mass is 9.84. The minimum Gasteiger partial charge on any atom is -0.369 e. The summed E-state index contributed by atoms with van der Waals surface area (Å²) in [4.78, 5) is 23.3. The molecule has 5 nitrogen and oxygen atoms in total. The van der Waals surface area contributed by atoms with E-state index in [-0.39, 0.29) is 23.8 Å². The number of nitrogens with two attached hydrogens (primary N) is 2. The van der Waals surface area contributed by atoms with Gasteiger partial charge in [-0.2, -0.15) is 0 Å². The van der Waals surface area contributed by atoms with E-state index >= 15 is 0 Å². The van der Waals surface area contributed by atoms with E-state index in [1.54, 1.807) is 0 Å². The lowest BCUT2D eigenvalue weighted by Gasteiger charge is -2.31. The van der Waals surface area contributed by atoms with Crippen molar-refractivity contribution in [3.05, 3.63) is 0 Å². The molecule has 0 aromatic heterocycles. The Labute approximate surface area is 108 Å². The van der Waals surface area contributed by atoms with E-state index in [9.17, 15) is 9.59 Å². The topological polar surface area (TPSA) is 98.2 Å². The van der Waals surface area contributed by atoms with Crippen LogP contribution >= 0.6 is 0 Å². The molecule has 0 aromatic rings. The van der Waals surface area contributed by atoms with Gasteiger partial charge in [-0.1, -0.05) is 19.3 Å². The van der Waals surface area contributed by atoms with Crippen molar-refractivity contribution in [1.29, 1.82) is 0 Å². The van der Waals surface area contributed by atoms with Crippen molar-refractivity contribution in [2.45, 2.75) is 62.9 Å². The molecular formula is C13H23N3O2. The molecule has 18 heavy (non-hydrogen) atoms. The first-order valence-corrected chi connectivity index (χ1v) is 6.90. The van der Waals surface area contributed by atoms with Crippen molar-refractivity contribution in [1.82, 2.24) is 5.32 Å². The summed E-state index contributed by atoms with van der Waals surface area (Å²) >= 11 is 0. The van der Waals surface area contributed by atoms with Gasteiger partial charge < -0.3 is 16.8 Å². The summed E-state index contributed by atoms with van der Waals surface area (Å²) in [5.74, 6) is -0.395. The van der Waals surface area contributed by atoms with Crippen LogP contribution in [0.1, 0.15) is 51.4 Å². The van der Waals surface area contributed by atoms with Crippen molar-refractivity contribution in [2.75, 3.05) is 0 Å². The van der Waals surface area contributed by atoms with E-state index in [1.807, 2.05) is 0 Å². The fourth-order valence-corrected chi connectivity index (χ4v) is 3.14. The highest BCUT2D eigenvalue weighted by atomic mass is 16.2. The first kappa shape index (κ1) is 13.3. The predicted octanol–water partition coefficient (Wildman–Crippen LogP) is 0.418. The van der Waals surface area contributed by atoms with E-state index < -0.39 is 5.54 Å². The molecule has 0 aliphatic heterocycles. The Balaban J connectivity index is 1.89. The summed E-state index contributed by atoms with van der Waals surface area (Å²) in [5.41, 5.74) is 10.8. The van der Waals surface area contributed by atoms with Gasteiger partial charge in [0.2, 0.25) is 11.8 Å². The maximum Gasteiger partial charge on any atom is 0.240 e. The third kappa shape index (κ3) is 2.83. The second-order valence-corrected chi connectivity index (χ2v) is 5.80. The summed E-state index contributed by atoms with van der Waals surface area (Å²) in [6, 6.07) is 0.0600. The van der Waals surface area contributed by atoms with Crippen molar-refractivity contribution in [3.63, 3.8) is 0 Å². The number of rotatable bonds is 3. The van der Waals surface area contributed by atoms with Gasteiger partial charge in [0.1, 0.15) is 0 Å². The Morgan fingerprint density at radius 2 is 1.78 bits per heavy atom. The smallest absolute Gasteiger partial charge is 0.240 e. The molecule has 0 aromatic carbocycles. The number of hydrogen-bond donors (Lipinski definition) is 3. The Bertz CT molecular complexity index is 337. The van der Waals surface area contributed by atoms with Gasteiger partial charge in [-0.05, 0) is 32.1 Å². The van der Waals surface area contributed by atoms with Gasteiger partial charge in [0.05, 0.1) is 5.54 Å². The van der Waals surface area contributed by atoms with Crippen LogP contribution in [0.3, 0.4) is 0 Å². The van der Waals surface area contributed by atoms with Gasteiger partial charge in [-0.15, -0.1) is 0 Å². The molecule has 2 rings (SSSR count). The van der Waals surface area contributed by atoms with E-state index in [4.69, 9.17) is 11.5 Å². The maximum atomic E-state index is 12.2. The van der Waals surface area contributed by atoms with Gasteiger partial charge in [0.15, 0.2) is 0 Å². The van der Waals surface area contributed by atoms with E-state index in [0.29, 0.717) is 6.42 Å². The highest BCUT2D eigenvalue weighted by Gasteiger charge is 2.38. The molecule has 2 atom stereocenters. The Morgan fingerprint density at radius 3 is 2.39 bits per heavy atom. The molecular weight excluding hydrogens is 230 g/mol. The second kappa shape index (κ2) is 5.26. The van der Waals surface area contributed by atoms with Gasteiger partial charge in [0, 0.05) is 12.0 Å². The molecule has 0 radical (unpaired) electrons. The zero-order chi connectivity index (χ0) is 13.2. The van der Waals surface area contributed by atoms with E-state index in [1.165, 1.54) is 0 Å². The summed E-state index contributed by atoms with van der Waals surface area (Å²) < 4.78 is 0. The molecule has 2 aliphatic carbocycles. The number of hydrogen-bond acceptors (Lipinski definition) is 3. The first-order valence-electron chi connectivity index (χ1n) is 6.90. The maximum absolute atomic E-state index is 12.2. The zero-order valence-electron chi connectivity index (χ0n) is 10.8. The highest BCUT2D eigenvalue weighted by molar-refractivity contribution is 5.86. The van der Waals surface area contributed by atoms with Gasteiger partial charge >= 0.3 is 0 Å². The predicted molar refractivity (Wildman–Crippen MR) is 68.5 cm³/mol. The molecule has 2 unspecified atom stereocenters. The normalized spacial score (nSPS) is 30.9. The Kier molecular flexibility index (Phi) is 3.90. The number of amides is 2. The molecule has 0 saturated heterocycles. The molecule has 0 heterocycles. The van der Waals surface area contributed by atoms with Crippen LogP contribution in [0.4, 0.5) is 0 Å². The number of carbonyl (C=O) groups is 2. The van der Waals surface area contributed by atoms with Gasteiger partial charge in [-0.25, -0.2) is 0 Å². The average molecular weight is 253 g/mol. The minimum atomic E-state index is -0.681. The second-order valence-electron chi connectivity index (χ2n) is 5.80. The quantitative estimate of drug-likeness (QED) is 0.679. The molecule has 5 N–H and O–H groups in total. The average Bonchev–Trinajstić information content (AvgIpc) is 2.78. The van der Waals surface area contributed by atoms with Crippen molar-refractivity contribution < 1.29 is 9.59 Å². The lowest BCUT2D eigenvalue weighted by Crippen LogP contribution is -2.55. The van der Waals surface area contributed by atoms with Crippen LogP contribution < -0.4 is 16.8 Å². The molecule has 2 saturated carbocycles. The van der Waals surface area contributed by atoms with Crippen LogP contribution in [-0.4, -0.2) is 23.4 Å². The van der Waals surface area contributed by atoms with E-state index in [2.05, 4.69) is 5.32 Å². The van der Waals surface area contributed by atoms with Crippen LogP contribution in [0.5, 0.6) is 0 Å². The van der Waals surface area contributed by atoms with E-state index in [0.717, 1.165) is 44.9 Å². The summed E-state index contributed by atoms with van der Waals surface area (Å²) in [6.07, 6.45) is 6.96. The number of nitrogens with one attached hydrogen (secondary N) is 1. The van der Waals surface area contributed by atoms with Crippen molar-refractivity contribution in [3.8, 4) is 0 Å². The summed E-state index contributed by atoms with van der Waals surface area (Å²) in [7, 11) is 0. The first-order chi connectivity index (χ1) is 8.51. The monoisotopic (exact) mass is 253 g/mol. The molecule has 2 amide bonds. The number of carbonyl (C=O) groups excluding carboxylic acids is 2. The third-order valence-electron chi connectivity index (χ3n) is 4.36. The summed E-state index contributed by atoms with van der Waals surface area (Å²) in [6.45, 7) is 0. The van der Waals surface area contributed by atoms with Crippen LogP contribution in [0.25, 0.3) is 0 Å². The summed E-state index contributed by atoms with van der Waals surface area (Å²) in [5, 5.41) is 3.01. The van der Waals surface area contributed by atoms with Crippen LogP contribution in [0, 0.1) is 5.92 Å². The Hall–Kier alpha value is -1.10. The molecule has 0 spiro atoms. The lowest BCUT2D eigenvalue weighted by molar-refractivity contribution is -0.128.